The van der Waals surface area contributed by atoms with E-state index in [-0.39, 0.29) is 17.5 Å². The van der Waals surface area contributed by atoms with Crippen LogP contribution in [-0.4, -0.2) is 59.0 Å². The number of carbonyl (C=O) groups is 1. The van der Waals surface area contributed by atoms with Crippen molar-refractivity contribution in [3.8, 4) is 11.1 Å². The Morgan fingerprint density at radius 1 is 1.35 bits per heavy atom. The zero-order valence-corrected chi connectivity index (χ0v) is 18.7. The van der Waals surface area contributed by atoms with E-state index in [0.29, 0.717) is 31.4 Å². The van der Waals surface area contributed by atoms with Crippen LogP contribution < -0.4 is 15.8 Å². The number of likely N-dealkylation sites (tertiary alicyclic amines) is 1. The lowest BCUT2D eigenvalue weighted by Crippen LogP contribution is -2.50. The average molecular weight is 424 g/mol. The Balaban J connectivity index is 1.75. The summed E-state index contributed by atoms with van der Waals surface area (Å²) in [5, 5.41) is 3.28. The van der Waals surface area contributed by atoms with Crippen molar-refractivity contribution in [3.63, 3.8) is 0 Å². The van der Waals surface area contributed by atoms with Gasteiger partial charge in [0.25, 0.3) is 5.56 Å². The summed E-state index contributed by atoms with van der Waals surface area (Å²) in [5.74, 6) is 0.0331. The van der Waals surface area contributed by atoms with E-state index in [4.69, 9.17) is 0 Å². The Morgan fingerprint density at radius 3 is 2.84 bits per heavy atom. The number of nitrogens with one attached hydrogen (secondary N) is 2. The highest BCUT2D eigenvalue weighted by Gasteiger charge is 2.28. The molecule has 2 aromatic rings. The van der Waals surface area contributed by atoms with Crippen LogP contribution in [0.1, 0.15) is 33.6 Å². The number of H-pyrrole nitrogens is 1. The Bertz CT molecular complexity index is 938. The van der Waals surface area contributed by atoms with E-state index in [1.54, 1.807) is 24.7 Å². The summed E-state index contributed by atoms with van der Waals surface area (Å²) >= 11 is 0. The van der Waals surface area contributed by atoms with Gasteiger partial charge in [-0.15, -0.1) is 0 Å². The molecule has 3 heterocycles. The molecule has 0 unspecified atom stereocenters. The van der Waals surface area contributed by atoms with Crippen molar-refractivity contribution in [2.75, 3.05) is 31.1 Å². The number of likely N-dealkylation sites (N-methyl/N-ethyl adjacent to an activating group) is 1. The van der Waals surface area contributed by atoms with Crippen LogP contribution >= 0.6 is 0 Å². The number of anilines is 1. The minimum Gasteiger partial charge on any atom is -0.363 e. The largest absolute Gasteiger partial charge is 0.363 e. The summed E-state index contributed by atoms with van der Waals surface area (Å²) in [6.07, 6.45) is 10.6. The van der Waals surface area contributed by atoms with Gasteiger partial charge in [-0.1, -0.05) is 19.9 Å². The molecule has 0 aromatic carbocycles. The van der Waals surface area contributed by atoms with Gasteiger partial charge < -0.3 is 20.1 Å². The third kappa shape index (κ3) is 6.04. The fourth-order valence-electron chi connectivity index (χ4n) is 4.00. The lowest BCUT2D eigenvalue weighted by Gasteiger charge is -2.39. The topological polar surface area (TPSA) is 81.3 Å². The minimum atomic E-state index is -0.109. The second kappa shape index (κ2) is 10.9. The lowest BCUT2D eigenvalue weighted by atomic mass is 10.0. The first-order valence-electron chi connectivity index (χ1n) is 11.1. The number of carbonyl (C=O) groups excluding carboxylic acids is 1. The molecule has 1 atom stereocenters. The highest BCUT2D eigenvalue weighted by molar-refractivity contribution is 5.87. The van der Waals surface area contributed by atoms with Gasteiger partial charge >= 0.3 is 0 Å². The van der Waals surface area contributed by atoms with E-state index in [9.17, 15) is 9.59 Å². The maximum absolute atomic E-state index is 12.7. The first-order valence-corrected chi connectivity index (χ1v) is 11.1. The molecule has 1 aliphatic heterocycles. The van der Waals surface area contributed by atoms with Gasteiger partial charge in [-0.05, 0) is 43.5 Å². The maximum atomic E-state index is 12.7. The van der Waals surface area contributed by atoms with Crippen molar-refractivity contribution in [3.05, 3.63) is 59.3 Å². The van der Waals surface area contributed by atoms with E-state index in [2.05, 4.69) is 41.0 Å². The van der Waals surface area contributed by atoms with E-state index >= 15 is 0 Å². The smallest absolute Gasteiger partial charge is 0.271 e. The van der Waals surface area contributed by atoms with Crippen molar-refractivity contribution >= 4 is 11.6 Å². The van der Waals surface area contributed by atoms with Gasteiger partial charge in [0.1, 0.15) is 5.69 Å². The molecule has 0 saturated carbocycles. The molecule has 0 radical (unpaired) electrons. The molecule has 1 amide bonds. The van der Waals surface area contributed by atoms with Gasteiger partial charge in [0.15, 0.2) is 0 Å². The van der Waals surface area contributed by atoms with Crippen molar-refractivity contribution < 1.29 is 4.79 Å². The van der Waals surface area contributed by atoms with Crippen LogP contribution in [0.15, 0.2) is 53.7 Å². The molecule has 7 nitrogen and oxygen atoms in total. The number of hydrogen-bond acceptors (Lipinski definition) is 5. The summed E-state index contributed by atoms with van der Waals surface area (Å²) in [5.41, 5.74) is 2.49. The quantitative estimate of drug-likeness (QED) is 0.638. The molecule has 7 heteroatoms. The zero-order chi connectivity index (χ0) is 22.2. The van der Waals surface area contributed by atoms with E-state index in [1.807, 2.05) is 29.2 Å². The number of aromatic amines is 1. The monoisotopic (exact) mass is 423 g/mol. The minimum absolute atomic E-state index is 0.0331. The molecule has 0 bridgehead atoms. The van der Waals surface area contributed by atoms with Crippen molar-refractivity contribution in [1.82, 2.24) is 20.2 Å². The van der Waals surface area contributed by atoms with Crippen LogP contribution in [0.25, 0.3) is 11.1 Å². The van der Waals surface area contributed by atoms with Crippen LogP contribution in [0.2, 0.25) is 0 Å². The number of pyridine rings is 2. The van der Waals surface area contributed by atoms with Crippen LogP contribution in [0.3, 0.4) is 0 Å². The number of nitrogens with zero attached hydrogens (tertiary/aromatic N) is 3. The molecule has 2 N–H and O–H groups in total. The molecule has 1 fully saturated rings. The Morgan fingerprint density at radius 2 is 2.13 bits per heavy atom. The van der Waals surface area contributed by atoms with Crippen molar-refractivity contribution in [2.45, 2.75) is 45.7 Å². The summed E-state index contributed by atoms with van der Waals surface area (Å²) in [6, 6.07) is 6.29. The van der Waals surface area contributed by atoms with E-state index in [1.165, 1.54) is 0 Å². The molecule has 31 heavy (non-hydrogen) atoms. The van der Waals surface area contributed by atoms with Crippen LogP contribution in [-0.2, 0) is 4.79 Å². The second-order valence-electron chi connectivity index (χ2n) is 8.17. The average Bonchev–Trinajstić information content (AvgIpc) is 2.79. The number of rotatable bonds is 8. The molecule has 1 aliphatic rings. The van der Waals surface area contributed by atoms with Gasteiger partial charge in [-0.25, -0.2) is 0 Å². The molecular weight excluding hydrogens is 390 g/mol. The molecule has 3 rings (SSSR count). The number of aromatic nitrogens is 2. The van der Waals surface area contributed by atoms with Crippen molar-refractivity contribution in [1.29, 1.82) is 0 Å². The normalized spacial score (nSPS) is 16.8. The maximum Gasteiger partial charge on any atom is 0.271 e. The lowest BCUT2D eigenvalue weighted by molar-refractivity contribution is -0.127. The summed E-state index contributed by atoms with van der Waals surface area (Å²) < 4.78 is 0. The van der Waals surface area contributed by atoms with Gasteiger partial charge in [0, 0.05) is 68.5 Å². The number of piperidine rings is 1. The molecule has 2 aromatic heterocycles. The van der Waals surface area contributed by atoms with Crippen LogP contribution in [0.5, 0.6) is 0 Å². The second-order valence-corrected chi connectivity index (χ2v) is 8.17. The van der Waals surface area contributed by atoms with Crippen molar-refractivity contribution in [2.24, 2.45) is 0 Å². The molecular formula is C24H33N5O2. The van der Waals surface area contributed by atoms with Gasteiger partial charge in [-0.3, -0.25) is 14.6 Å². The Hall–Kier alpha value is -2.93. The van der Waals surface area contributed by atoms with Gasteiger partial charge in [0.2, 0.25) is 5.91 Å². The molecule has 0 spiro atoms. The van der Waals surface area contributed by atoms with Gasteiger partial charge in [0.05, 0.1) is 0 Å². The Kier molecular flexibility index (Phi) is 8.00. The highest BCUT2D eigenvalue weighted by atomic mass is 16.2. The van der Waals surface area contributed by atoms with E-state index in [0.717, 1.165) is 30.5 Å². The first-order chi connectivity index (χ1) is 15.0. The van der Waals surface area contributed by atoms with Crippen LogP contribution in [0, 0.1) is 0 Å². The SMILES string of the molecule is CCN(c1cc(-c2ccncc2)c[nH]c1=O)[C@H]1CCCN(C(=O)/C=C/CNC(C)C)C1. The first kappa shape index (κ1) is 22.7. The predicted octanol–water partition coefficient (Wildman–Crippen LogP) is 2.81. The zero-order valence-electron chi connectivity index (χ0n) is 18.7. The Labute approximate surface area is 184 Å². The number of amides is 1. The molecule has 166 valence electrons. The fourth-order valence-corrected chi connectivity index (χ4v) is 4.00. The highest BCUT2D eigenvalue weighted by Crippen LogP contribution is 2.25. The van der Waals surface area contributed by atoms with Crippen LogP contribution in [0.4, 0.5) is 5.69 Å². The fraction of sp³-hybridized carbons (Fsp3) is 0.458. The molecule has 0 aliphatic carbocycles. The number of hydrogen-bond donors (Lipinski definition) is 2. The third-order valence-corrected chi connectivity index (χ3v) is 5.60. The summed E-state index contributed by atoms with van der Waals surface area (Å²) in [4.78, 5) is 36.3. The third-order valence-electron chi connectivity index (χ3n) is 5.60. The summed E-state index contributed by atoms with van der Waals surface area (Å²) in [7, 11) is 0. The molecule has 1 saturated heterocycles. The standard InChI is InChI=1S/C24H33N5O2/c1-4-29(22-15-20(16-27-24(22)31)19-9-12-25-13-10-19)21-7-6-14-28(17-21)23(30)8-5-11-26-18(2)3/h5,8-10,12-13,15-16,18,21,26H,4,6-7,11,14,17H2,1-3H3,(H,27,31)/b8-5+/t21-/m0/s1. The summed E-state index contributed by atoms with van der Waals surface area (Å²) in [6.45, 7) is 8.96. The predicted molar refractivity (Wildman–Crippen MR) is 125 cm³/mol. The van der Waals surface area contributed by atoms with E-state index < -0.39 is 0 Å². The van der Waals surface area contributed by atoms with Gasteiger partial charge in [-0.2, -0.15) is 0 Å².